The number of rotatable bonds is 2. The van der Waals surface area contributed by atoms with Crippen LogP contribution in [0.3, 0.4) is 0 Å². The lowest BCUT2D eigenvalue weighted by Gasteiger charge is -2.35. The molecule has 0 radical (unpaired) electrons. The van der Waals surface area contributed by atoms with Crippen molar-refractivity contribution in [3.05, 3.63) is 23.8 Å². The zero-order valence-corrected chi connectivity index (χ0v) is 11.5. The summed E-state index contributed by atoms with van der Waals surface area (Å²) in [7, 11) is -3.13. The van der Waals surface area contributed by atoms with E-state index < -0.39 is 10.0 Å². The summed E-state index contributed by atoms with van der Waals surface area (Å²) in [4.78, 5) is 2.01. The fourth-order valence-electron chi connectivity index (χ4n) is 2.18. The number of hydrogen-bond acceptors (Lipinski definition) is 5. The van der Waals surface area contributed by atoms with Crippen molar-refractivity contribution >= 4 is 21.4 Å². The first kappa shape index (κ1) is 13.6. The van der Waals surface area contributed by atoms with Crippen molar-refractivity contribution in [2.45, 2.75) is 0 Å². The van der Waals surface area contributed by atoms with Crippen LogP contribution in [-0.2, 0) is 10.0 Å². The first-order valence-corrected chi connectivity index (χ1v) is 7.76. The molecule has 0 aliphatic carbocycles. The summed E-state index contributed by atoms with van der Waals surface area (Å²) in [6.45, 7) is 2.03. The molecular formula is C12H16N4O2S. The van der Waals surface area contributed by atoms with E-state index >= 15 is 0 Å². The molecule has 1 aromatic carbocycles. The predicted octanol–water partition coefficient (Wildman–Crippen LogP) is 0.222. The third kappa shape index (κ3) is 2.97. The molecule has 2 rings (SSSR count). The van der Waals surface area contributed by atoms with Gasteiger partial charge in [0, 0.05) is 31.9 Å². The van der Waals surface area contributed by atoms with Crippen molar-refractivity contribution in [1.82, 2.24) is 4.31 Å². The van der Waals surface area contributed by atoms with Gasteiger partial charge in [0.1, 0.15) is 6.07 Å². The lowest BCUT2D eigenvalue weighted by Crippen LogP contribution is -2.48. The van der Waals surface area contributed by atoms with Crippen molar-refractivity contribution < 1.29 is 8.42 Å². The van der Waals surface area contributed by atoms with Gasteiger partial charge >= 0.3 is 0 Å². The van der Waals surface area contributed by atoms with Crippen molar-refractivity contribution in [1.29, 1.82) is 5.26 Å². The van der Waals surface area contributed by atoms with E-state index in [2.05, 4.69) is 6.07 Å². The number of piperazine rings is 1. The number of nitrogens with two attached hydrogens (primary N) is 1. The lowest BCUT2D eigenvalue weighted by atomic mass is 10.1. The lowest BCUT2D eigenvalue weighted by molar-refractivity contribution is 0.388. The summed E-state index contributed by atoms with van der Waals surface area (Å²) in [5.74, 6) is 0. The standard InChI is InChI=1S/C12H16N4O2S/c1-19(17,18)16-6-4-15(5-7-16)12-3-2-11(14)8-10(12)9-13/h2-3,8H,4-7,14H2,1H3. The zero-order chi connectivity index (χ0) is 14.0. The maximum absolute atomic E-state index is 11.4. The van der Waals surface area contributed by atoms with E-state index in [1.165, 1.54) is 10.6 Å². The minimum absolute atomic E-state index is 0.439. The maximum atomic E-state index is 11.4. The van der Waals surface area contributed by atoms with Gasteiger partial charge in [0.2, 0.25) is 10.0 Å². The minimum atomic E-state index is -3.13. The Bertz CT molecular complexity index is 613. The van der Waals surface area contributed by atoms with Crippen molar-refractivity contribution in [3.8, 4) is 6.07 Å². The van der Waals surface area contributed by atoms with Gasteiger partial charge in [-0.2, -0.15) is 9.57 Å². The third-order valence-corrected chi connectivity index (χ3v) is 4.49. The smallest absolute Gasteiger partial charge is 0.211 e. The number of hydrogen-bond donors (Lipinski definition) is 1. The molecule has 7 heteroatoms. The van der Waals surface area contributed by atoms with Gasteiger partial charge in [-0.3, -0.25) is 0 Å². The van der Waals surface area contributed by atoms with Crippen LogP contribution in [0, 0.1) is 11.3 Å². The molecule has 0 aromatic heterocycles. The first-order valence-electron chi connectivity index (χ1n) is 5.91. The zero-order valence-electron chi connectivity index (χ0n) is 10.7. The molecule has 0 amide bonds. The van der Waals surface area contributed by atoms with E-state index in [-0.39, 0.29) is 0 Å². The summed E-state index contributed by atoms with van der Waals surface area (Å²) in [6.07, 6.45) is 1.21. The Morgan fingerprint density at radius 2 is 1.89 bits per heavy atom. The highest BCUT2D eigenvalue weighted by molar-refractivity contribution is 7.88. The molecule has 1 aromatic rings. The van der Waals surface area contributed by atoms with Crippen molar-refractivity contribution in [2.75, 3.05) is 43.1 Å². The molecule has 6 nitrogen and oxygen atoms in total. The monoisotopic (exact) mass is 280 g/mol. The molecular weight excluding hydrogens is 264 g/mol. The van der Waals surface area contributed by atoms with Crippen LogP contribution in [-0.4, -0.2) is 45.2 Å². The van der Waals surface area contributed by atoms with E-state index in [0.717, 1.165) is 5.69 Å². The van der Waals surface area contributed by atoms with Crippen LogP contribution in [0.1, 0.15) is 5.56 Å². The number of nitriles is 1. The van der Waals surface area contributed by atoms with Crippen molar-refractivity contribution in [3.63, 3.8) is 0 Å². The Morgan fingerprint density at radius 3 is 2.42 bits per heavy atom. The van der Waals surface area contributed by atoms with Gasteiger partial charge in [0.15, 0.2) is 0 Å². The normalized spacial score (nSPS) is 17.2. The number of nitrogen functional groups attached to an aromatic ring is 1. The molecule has 0 unspecified atom stereocenters. The average Bonchev–Trinajstić information content (AvgIpc) is 2.37. The number of sulfonamides is 1. The summed E-state index contributed by atoms with van der Waals surface area (Å²) in [5, 5.41) is 9.12. The number of anilines is 2. The summed E-state index contributed by atoms with van der Waals surface area (Å²) in [6, 6.07) is 7.32. The van der Waals surface area contributed by atoms with Gasteiger partial charge in [-0.1, -0.05) is 0 Å². The molecule has 0 atom stereocenters. The fraction of sp³-hybridized carbons (Fsp3) is 0.417. The number of nitrogens with zero attached hydrogens (tertiary/aromatic N) is 3. The van der Waals surface area contributed by atoms with Gasteiger partial charge in [-0.05, 0) is 18.2 Å². The molecule has 1 heterocycles. The van der Waals surface area contributed by atoms with E-state index in [1.807, 2.05) is 11.0 Å². The van der Waals surface area contributed by atoms with Crippen LogP contribution in [0.4, 0.5) is 11.4 Å². The largest absolute Gasteiger partial charge is 0.399 e. The summed E-state index contributed by atoms with van der Waals surface area (Å²) in [5.41, 5.74) is 7.54. The molecule has 0 bridgehead atoms. The van der Waals surface area contributed by atoms with Crippen LogP contribution in [0.2, 0.25) is 0 Å². The summed E-state index contributed by atoms with van der Waals surface area (Å²) >= 11 is 0. The second-order valence-corrected chi connectivity index (χ2v) is 6.52. The van der Waals surface area contributed by atoms with Gasteiger partial charge in [0.25, 0.3) is 0 Å². The van der Waals surface area contributed by atoms with E-state index in [9.17, 15) is 8.42 Å². The Hall–Kier alpha value is -1.78. The van der Waals surface area contributed by atoms with Crippen LogP contribution in [0.5, 0.6) is 0 Å². The Kier molecular flexibility index (Phi) is 3.64. The molecule has 102 valence electrons. The highest BCUT2D eigenvalue weighted by atomic mass is 32.2. The quantitative estimate of drug-likeness (QED) is 0.783. The molecule has 1 saturated heterocycles. The fourth-order valence-corrected chi connectivity index (χ4v) is 3.01. The minimum Gasteiger partial charge on any atom is -0.399 e. The van der Waals surface area contributed by atoms with Gasteiger partial charge < -0.3 is 10.6 Å². The van der Waals surface area contributed by atoms with Gasteiger partial charge in [-0.15, -0.1) is 0 Å². The first-order chi connectivity index (χ1) is 8.91. The second-order valence-electron chi connectivity index (χ2n) is 4.54. The Balaban J connectivity index is 2.17. The van der Waals surface area contributed by atoms with Gasteiger partial charge in [0.05, 0.1) is 17.5 Å². The third-order valence-electron chi connectivity index (χ3n) is 3.19. The molecule has 1 aliphatic heterocycles. The molecule has 2 N–H and O–H groups in total. The molecule has 0 spiro atoms. The number of benzene rings is 1. The second kappa shape index (κ2) is 5.07. The highest BCUT2D eigenvalue weighted by Gasteiger charge is 2.24. The average molecular weight is 280 g/mol. The molecule has 0 saturated carbocycles. The van der Waals surface area contributed by atoms with E-state index in [4.69, 9.17) is 11.0 Å². The van der Waals surface area contributed by atoms with Gasteiger partial charge in [-0.25, -0.2) is 8.42 Å². The Morgan fingerprint density at radius 1 is 1.26 bits per heavy atom. The molecule has 1 aliphatic rings. The van der Waals surface area contributed by atoms with Crippen LogP contribution >= 0.6 is 0 Å². The van der Waals surface area contributed by atoms with E-state index in [1.54, 1.807) is 12.1 Å². The van der Waals surface area contributed by atoms with Crippen molar-refractivity contribution in [2.24, 2.45) is 0 Å². The topological polar surface area (TPSA) is 90.4 Å². The summed E-state index contributed by atoms with van der Waals surface area (Å²) < 4.78 is 24.3. The van der Waals surface area contributed by atoms with Crippen LogP contribution in [0.15, 0.2) is 18.2 Å². The Labute approximate surface area is 113 Å². The SMILES string of the molecule is CS(=O)(=O)N1CCN(c2ccc(N)cc2C#N)CC1. The highest BCUT2D eigenvalue weighted by Crippen LogP contribution is 2.24. The molecule has 19 heavy (non-hydrogen) atoms. The molecule has 1 fully saturated rings. The van der Waals surface area contributed by atoms with E-state index in [0.29, 0.717) is 37.4 Å². The van der Waals surface area contributed by atoms with Crippen LogP contribution < -0.4 is 10.6 Å². The predicted molar refractivity (Wildman–Crippen MR) is 74.2 cm³/mol. The van der Waals surface area contributed by atoms with Crippen LogP contribution in [0.25, 0.3) is 0 Å². The maximum Gasteiger partial charge on any atom is 0.211 e.